The lowest BCUT2D eigenvalue weighted by molar-refractivity contribution is -0.123. The molecule has 0 aliphatic carbocycles. The van der Waals surface area contributed by atoms with E-state index < -0.39 is 17.5 Å². The van der Waals surface area contributed by atoms with E-state index in [0.29, 0.717) is 29.2 Å². The molecular formula is C22H20N4O4S. The molecule has 8 nitrogen and oxygen atoms in total. The largest absolute Gasteiger partial charge is 0.487 e. The fourth-order valence-corrected chi connectivity index (χ4v) is 3.81. The molecule has 1 unspecified atom stereocenters. The first-order valence-electron chi connectivity index (χ1n) is 9.53. The summed E-state index contributed by atoms with van der Waals surface area (Å²) in [5.41, 5.74) is 1.13. The van der Waals surface area contributed by atoms with Gasteiger partial charge < -0.3 is 15.4 Å². The summed E-state index contributed by atoms with van der Waals surface area (Å²) in [6, 6.07) is 13.1. The molecule has 0 radical (unpaired) electrons. The third kappa shape index (κ3) is 4.41. The fourth-order valence-electron chi connectivity index (χ4n) is 3.22. The third-order valence-corrected chi connectivity index (χ3v) is 5.71. The molecule has 0 spiro atoms. The second-order valence-electron chi connectivity index (χ2n) is 7.24. The number of hydrogen-bond donors (Lipinski definition) is 3. The van der Waals surface area contributed by atoms with Crippen LogP contribution in [0.5, 0.6) is 5.75 Å². The number of ether oxygens (including phenoxy) is 1. The highest BCUT2D eigenvalue weighted by atomic mass is 32.1. The Morgan fingerprint density at radius 3 is 2.71 bits per heavy atom. The number of hydrogen-bond acceptors (Lipinski definition) is 6. The van der Waals surface area contributed by atoms with Gasteiger partial charge in [0.15, 0.2) is 0 Å². The molecule has 4 rings (SSSR count). The topological polar surface area (TPSA) is 109 Å². The Kier molecular flexibility index (Phi) is 5.43. The van der Waals surface area contributed by atoms with Gasteiger partial charge in [0.2, 0.25) is 0 Å². The molecule has 0 saturated carbocycles. The van der Waals surface area contributed by atoms with Crippen molar-refractivity contribution < 1.29 is 19.1 Å². The zero-order chi connectivity index (χ0) is 22.0. The number of aromatic nitrogens is 1. The average molecular weight is 436 g/mol. The first-order chi connectivity index (χ1) is 14.8. The van der Waals surface area contributed by atoms with Gasteiger partial charge in [0.05, 0.1) is 10.7 Å². The number of amides is 4. The van der Waals surface area contributed by atoms with Crippen LogP contribution in [0, 0.1) is 6.92 Å². The number of nitrogens with zero attached hydrogens (tertiary/aromatic N) is 1. The number of carbonyl (C=O) groups is 3. The summed E-state index contributed by atoms with van der Waals surface area (Å²) in [6.45, 7) is 3.87. The summed E-state index contributed by atoms with van der Waals surface area (Å²) in [5, 5.41) is 10.6. The SMILES string of the molecule is Cc1nc(COc2cccc(C(=O)Nc3cccc(C4(C)NC(=O)NC4=O)c3)c2)cs1. The molecule has 1 aliphatic rings. The molecule has 2 heterocycles. The molecule has 1 atom stereocenters. The Balaban J connectivity index is 1.46. The van der Waals surface area contributed by atoms with Crippen LogP contribution < -0.4 is 20.7 Å². The first kappa shape index (κ1) is 20.5. The van der Waals surface area contributed by atoms with Crippen molar-refractivity contribution >= 4 is 34.9 Å². The molecule has 158 valence electrons. The van der Waals surface area contributed by atoms with E-state index in [1.54, 1.807) is 66.8 Å². The first-order valence-corrected chi connectivity index (χ1v) is 10.4. The maximum atomic E-state index is 12.7. The molecule has 0 bridgehead atoms. The van der Waals surface area contributed by atoms with Crippen molar-refractivity contribution in [2.24, 2.45) is 0 Å². The van der Waals surface area contributed by atoms with Crippen molar-refractivity contribution in [2.45, 2.75) is 26.0 Å². The van der Waals surface area contributed by atoms with Gasteiger partial charge in [0.25, 0.3) is 11.8 Å². The number of aryl methyl sites for hydroxylation is 1. The van der Waals surface area contributed by atoms with Crippen molar-refractivity contribution in [1.82, 2.24) is 15.6 Å². The summed E-state index contributed by atoms with van der Waals surface area (Å²) in [4.78, 5) is 40.8. The van der Waals surface area contributed by atoms with Gasteiger partial charge in [-0.2, -0.15) is 0 Å². The maximum Gasteiger partial charge on any atom is 0.322 e. The van der Waals surface area contributed by atoms with E-state index in [-0.39, 0.29) is 5.91 Å². The Bertz CT molecular complexity index is 1180. The zero-order valence-corrected chi connectivity index (χ0v) is 17.7. The fraction of sp³-hybridized carbons (Fsp3) is 0.182. The van der Waals surface area contributed by atoms with Gasteiger partial charge in [0.1, 0.15) is 17.9 Å². The summed E-state index contributed by atoms with van der Waals surface area (Å²) >= 11 is 1.56. The Morgan fingerprint density at radius 2 is 2.00 bits per heavy atom. The van der Waals surface area contributed by atoms with Crippen LogP contribution in [0.3, 0.4) is 0 Å². The highest BCUT2D eigenvalue weighted by Gasteiger charge is 2.43. The smallest absolute Gasteiger partial charge is 0.322 e. The lowest BCUT2D eigenvalue weighted by atomic mass is 9.92. The predicted molar refractivity (Wildman–Crippen MR) is 116 cm³/mol. The highest BCUT2D eigenvalue weighted by molar-refractivity contribution is 7.09. The standard InChI is InChI=1S/C22H20N4O4S/c1-13-23-17(12-31-13)11-30-18-8-3-5-14(9-18)19(27)24-16-7-4-6-15(10-16)22(2)20(28)25-21(29)26-22/h3-10,12H,11H2,1-2H3,(H,24,27)(H2,25,26,28,29). The Hall–Kier alpha value is -3.72. The summed E-state index contributed by atoms with van der Waals surface area (Å²) in [5.74, 6) is -0.205. The van der Waals surface area contributed by atoms with Crippen molar-refractivity contribution in [1.29, 1.82) is 0 Å². The van der Waals surface area contributed by atoms with Gasteiger partial charge in [-0.05, 0) is 49.7 Å². The average Bonchev–Trinajstić information content (AvgIpc) is 3.28. The molecule has 1 saturated heterocycles. The van der Waals surface area contributed by atoms with E-state index in [1.807, 2.05) is 12.3 Å². The van der Waals surface area contributed by atoms with Crippen LogP contribution in [0.4, 0.5) is 10.5 Å². The number of anilines is 1. The van der Waals surface area contributed by atoms with Crippen LogP contribution in [0.25, 0.3) is 0 Å². The van der Waals surface area contributed by atoms with Crippen LogP contribution in [0.2, 0.25) is 0 Å². The predicted octanol–water partition coefficient (Wildman–Crippen LogP) is 3.34. The molecule has 9 heteroatoms. The van der Waals surface area contributed by atoms with Gasteiger partial charge in [0, 0.05) is 16.6 Å². The van der Waals surface area contributed by atoms with Crippen molar-refractivity contribution in [3.05, 3.63) is 75.7 Å². The van der Waals surface area contributed by atoms with Crippen molar-refractivity contribution in [3.63, 3.8) is 0 Å². The Labute approximate surface area is 182 Å². The van der Waals surface area contributed by atoms with Crippen LogP contribution in [0.15, 0.2) is 53.9 Å². The minimum Gasteiger partial charge on any atom is -0.487 e. The zero-order valence-electron chi connectivity index (χ0n) is 16.9. The van der Waals surface area contributed by atoms with Gasteiger partial charge in [-0.15, -0.1) is 11.3 Å². The normalized spacial score (nSPS) is 17.7. The maximum absolute atomic E-state index is 12.7. The summed E-state index contributed by atoms with van der Waals surface area (Å²) < 4.78 is 5.75. The molecule has 1 fully saturated rings. The minimum absolute atomic E-state index is 0.322. The highest BCUT2D eigenvalue weighted by Crippen LogP contribution is 2.27. The number of urea groups is 1. The second-order valence-corrected chi connectivity index (χ2v) is 8.30. The molecule has 31 heavy (non-hydrogen) atoms. The number of imide groups is 1. The van der Waals surface area contributed by atoms with E-state index >= 15 is 0 Å². The minimum atomic E-state index is -1.19. The monoisotopic (exact) mass is 436 g/mol. The van der Waals surface area contributed by atoms with Gasteiger partial charge >= 0.3 is 6.03 Å². The summed E-state index contributed by atoms with van der Waals surface area (Å²) in [6.07, 6.45) is 0. The molecule has 1 aromatic heterocycles. The van der Waals surface area contributed by atoms with E-state index in [2.05, 4.69) is 20.9 Å². The van der Waals surface area contributed by atoms with Crippen molar-refractivity contribution in [3.8, 4) is 5.75 Å². The Morgan fingerprint density at radius 1 is 1.19 bits per heavy atom. The lowest BCUT2D eigenvalue weighted by Crippen LogP contribution is -2.40. The lowest BCUT2D eigenvalue weighted by Gasteiger charge is -2.21. The third-order valence-electron chi connectivity index (χ3n) is 4.89. The molecule has 3 aromatic rings. The van der Waals surface area contributed by atoms with Crippen LogP contribution in [-0.2, 0) is 16.9 Å². The molecular weight excluding hydrogens is 416 g/mol. The van der Waals surface area contributed by atoms with Crippen molar-refractivity contribution in [2.75, 3.05) is 5.32 Å². The quantitative estimate of drug-likeness (QED) is 0.514. The number of nitrogens with one attached hydrogen (secondary N) is 3. The van der Waals surface area contributed by atoms with Gasteiger partial charge in [-0.25, -0.2) is 9.78 Å². The van der Waals surface area contributed by atoms with Gasteiger partial charge in [-0.3, -0.25) is 14.9 Å². The van der Waals surface area contributed by atoms with E-state index in [1.165, 1.54) is 0 Å². The van der Waals surface area contributed by atoms with Gasteiger partial charge in [-0.1, -0.05) is 18.2 Å². The van der Waals surface area contributed by atoms with E-state index in [4.69, 9.17) is 4.74 Å². The second kappa shape index (κ2) is 8.19. The summed E-state index contributed by atoms with van der Waals surface area (Å²) in [7, 11) is 0. The van der Waals surface area contributed by atoms with Crippen LogP contribution in [-0.4, -0.2) is 22.8 Å². The van der Waals surface area contributed by atoms with E-state index in [0.717, 1.165) is 10.7 Å². The molecule has 1 aliphatic heterocycles. The number of thiazole rings is 1. The van der Waals surface area contributed by atoms with E-state index in [9.17, 15) is 14.4 Å². The number of benzene rings is 2. The molecule has 3 N–H and O–H groups in total. The molecule has 4 amide bonds. The van der Waals surface area contributed by atoms with Crippen LogP contribution in [0.1, 0.15) is 33.5 Å². The number of carbonyl (C=O) groups excluding carboxylic acids is 3. The van der Waals surface area contributed by atoms with Crippen LogP contribution >= 0.6 is 11.3 Å². The molecule has 2 aromatic carbocycles. The number of rotatable bonds is 6.